The van der Waals surface area contributed by atoms with Gasteiger partial charge in [-0.2, -0.15) is 0 Å². The third-order valence-electron chi connectivity index (χ3n) is 3.13. The minimum Gasteiger partial charge on any atom is -0.385 e. The number of methoxy groups -OCH3 is 1. The van der Waals surface area contributed by atoms with E-state index >= 15 is 0 Å². The maximum Gasteiger partial charge on any atom is 0.261 e. The van der Waals surface area contributed by atoms with Crippen molar-refractivity contribution < 1.29 is 19.1 Å². The van der Waals surface area contributed by atoms with Crippen molar-refractivity contribution in [2.24, 2.45) is 0 Å². The van der Waals surface area contributed by atoms with Crippen molar-refractivity contribution in [3.63, 3.8) is 0 Å². The lowest BCUT2D eigenvalue weighted by atomic mass is 10.1. The molecule has 0 radical (unpaired) electrons. The van der Waals surface area contributed by atoms with Crippen LogP contribution in [0.1, 0.15) is 33.6 Å². The van der Waals surface area contributed by atoms with E-state index in [-0.39, 0.29) is 17.7 Å². The molecule has 0 atom stereocenters. The van der Waals surface area contributed by atoms with Crippen LogP contribution in [0.3, 0.4) is 0 Å². The molecule has 0 unspecified atom stereocenters. The van der Waals surface area contributed by atoms with Gasteiger partial charge in [0, 0.05) is 32.9 Å². The standard InChI is InChI=1S/C14H16N2O4/c1-16-13(18)10-6-5-9(8-11(10)14(16)19)15-12(17)4-3-7-20-2/h5-6,8H,3-4,7H2,1-2H3,(H,15,17). The summed E-state index contributed by atoms with van der Waals surface area (Å²) < 4.78 is 4.87. The second kappa shape index (κ2) is 5.83. The Kier molecular flexibility index (Phi) is 4.14. The molecule has 0 spiro atoms. The van der Waals surface area contributed by atoms with Gasteiger partial charge in [0.2, 0.25) is 5.91 Å². The van der Waals surface area contributed by atoms with Gasteiger partial charge in [0.05, 0.1) is 11.1 Å². The molecule has 1 aliphatic heterocycles. The van der Waals surface area contributed by atoms with Crippen LogP contribution in [0.4, 0.5) is 5.69 Å². The van der Waals surface area contributed by atoms with Gasteiger partial charge in [-0.05, 0) is 24.6 Å². The molecule has 20 heavy (non-hydrogen) atoms. The average molecular weight is 276 g/mol. The minimum atomic E-state index is -0.347. The Hall–Kier alpha value is -2.21. The van der Waals surface area contributed by atoms with Gasteiger partial charge < -0.3 is 10.1 Å². The molecule has 1 aromatic rings. The summed E-state index contributed by atoms with van der Waals surface area (Å²) in [6, 6.07) is 4.72. The Morgan fingerprint density at radius 3 is 2.65 bits per heavy atom. The quantitative estimate of drug-likeness (QED) is 0.649. The van der Waals surface area contributed by atoms with Crippen LogP contribution in [0.5, 0.6) is 0 Å². The highest BCUT2D eigenvalue weighted by Crippen LogP contribution is 2.24. The van der Waals surface area contributed by atoms with E-state index in [1.165, 1.54) is 13.1 Å². The summed E-state index contributed by atoms with van der Waals surface area (Å²) in [6.45, 7) is 0.523. The van der Waals surface area contributed by atoms with Gasteiger partial charge in [0.1, 0.15) is 0 Å². The van der Waals surface area contributed by atoms with Crippen LogP contribution >= 0.6 is 0 Å². The van der Waals surface area contributed by atoms with E-state index in [9.17, 15) is 14.4 Å². The molecule has 0 fully saturated rings. The van der Waals surface area contributed by atoms with E-state index < -0.39 is 0 Å². The highest BCUT2D eigenvalue weighted by atomic mass is 16.5. The normalized spacial score (nSPS) is 13.6. The summed E-state index contributed by atoms with van der Waals surface area (Å²) in [7, 11) is 3.02. The summed E-state index contributed by atoms with van der Waals surface area (Å²) in [4.78, 5) is 36.3. The van der Waals surface area contributed by atoms with E-state index in [0.717, 1.165) is 4.90 Å². The molecule has 6 heteroatoms. The van der Waals surface area contributed by atoms with Crippen LogP contribution in [0.15, 0.2) is 18.2 Å². The zero-order valence-corrected chi connectivity index (χ0v) is 11.4. The number of ether oxygens (including phenoxy) is 1. The lowest BCUT2D eigenvalue weighted by molar-refractivity contribution is -0.116. The molecule has 106 valence electrons. The van der Waals surface area contributed by atoms with Gasteiger partial charge in [-0.15, -0.1) is 0 Å². The summed E-state index contributed by atoms with van der Waals surface area (Å²) >= 11 is 0. The Morgan fingerprint density at radius 2 is 1.95 bits per heavy atom. The SMILES string of the molecule is COCCCC(=O)Nc1ccc2c(c1)C(=O)N(C)C2=O. The predicted molar refractivity (Wildman–Crippen MR) is 72.6 cm³/mol. The smallest absolute Gasteiger partial charge is 0.261 e. The molecule has 0 saturated heterocycles. The fraction of sp³-hybridized carbons (Fsp3) is 0.357. The number of carbonyl (C=O) groups is 3. The summed E-state index contributed by atoms with van der Waals surface area (Å²) in [6.07, 6.45) is 0.977. The second-order valence-electron chi connectivity index (χ2n) is 4.57. The second-order valence-corrected chi connectivity index (χ2v) is 4.57. The molecule has 1 N–H and O–H groups in total. The lowest BCUT2D eigenvalue weighted by Crippen LogP contribution is -2.24. The van der Waals surface area contributed by atoms with Gasteiger partial charge in [-0.25, -0.2) is 0 Å². The number of nitrogens with one attached hydrogen (secondary N) is 1. The first-order valence-electron chi connectivity index (χ1n) is 6.30. The van der Waals surface area contributed by atoms with Crippen LogP contribution in [0, 0.1) is 0 Å². The first-order valence-corrected chi connectivity index (χ1v) is 6.30. The van der Waals surface area contributed by atoms with Crippen LogP contribution < -0.4 is 5.32 Å². The Bertz CT molecular complexity index is 568. The number of imide groups is 1. The van der Waals surface area contributed by atoms with Gasteiger partial charge in [0.15, 0.2) is 0 Å². The molecule has 1 heterocycles. The first-order chi connectivity index (χ1) is 9.54. The molecule has 2 rings (SSSR count). The number of rotatable bonds is 5. The molecule has 1 aliphatic rings. The number of fused-ring (bicyclic) bond motifs is 1. The van der Waals surface area contributed by atoms with Crippen LogP contribution in [0.25, 0.3) is 0 Å². The summed E-state index contributed by atoms with van der Waals surface area (Å²) in [5, 5.41) is 2.70. The zero-order chi connectivity index (χ0) is 14.7. The Balaban J connectivity index is 2.07. The minimum absolute atomic E-state index is 0.146. The average Bonchev–Trinajstić information content (AvgIpc) is 2.64. The number of benzene rings is 1. The molecule has 3 amide bonds. The van der Waals surface area contributed by atoms with Crippen LogP contribution in [-0.4, -0.2) is 43.4 Å². The predicted octanol–water partition coefficient (Wildman–Crippen LogP) is 1.28. The highest BCUT2D eigenvalue weighted by Gasteiger charge is 2.32. The van der Waals surface area contributed by atoms with Gasteiger partial charge >= 0.3 is 0 Å². The van der Waals surface area contributed by atoms with E-state index in [4.69, 9.17) is 4.74 Å². The molecule has 0 aliphatic carbocycles. The topological polar surface area (TPSA) is 75.7 Å². The van der Waals surface area contributed by atoms with Crippen molar-refractivity contribution in [1.82, 2.24) is 4.90 Å². The van der Waals surface area contributed by atoms with Crippen molar-refractivity contribution in [3.05, 3.63) is 29.3 Å². The monoisotopic (exact) mass is 276 g/mol. The van der Waals surface area contributed by atoms with Gasteiger partial charge in [-0.3, -0.25) is 19.3 Å². The van der Waals surface area contributed by atoms with E-state index in [1.54, 1.807) is 19.2 Å². The molecule has 6 nitrogen and oxygen atoms in total. The van der Waals surface area contributed by atoms with Crippen molar-refractivity contribution >= 4 is 23.4 Å². The first kappa shape index (κ1) is 14.2. The molecule has 1 aromatic carbocycles. The highest BCUT2D eigenvalue weighted by molar-refractivity contribution is 6.21. The maximum atomic E-state index is 11.8. The van der Waals surface area contributed by atoms with E-state index in [2.05, 4.69) is 5.32 Å². The Morgan fingerprint density at radius 1 is 1.25 bits per heavy atom. The van der Waals surface area contributed by atoms with Crippen molar-refractivity contribution in [1.29, 1.82) is 0 Å². The van der Waals surface area contributed by atoms with Crippen molar-refractivity contribution in [2.45, 2.75) is 12.8 Å². The van der Waals surface area contributed by atoms with Crippen molar-refractivity contribution in [2.75, 3.05) is 26.1 Å². The number of carbonyl (C=O) groups excluding carboxylic acids is 3. The summed E-state index contributed by atoms with van der Waals surface area (Å²) in [5.74, 6) is -0.810. The molecule has 0 bridgehead atoms. The fourth-order valence-electron chi connectivity index (χ4n) is 2.04. The largest absolute Gasteiger partial charge is 0.385 e. The third-order valence-corrected chi connectivity index (χ3v) is 3.13. The van der Waals surface area contributed by atoms with E-state index in [0.29, 0.717) is 36.3 Å². The number of hydrogen-bond acceptors (Lipinski definition) is 4. The van der Waals surface area contributed by atoms with E-state index in [1.807, 2.05) is 0 Å². The van der Waals surface area contributed by atoms with Crippen LogP contribution in [-0.2, 0) is 9.53 Å². The number of amides is 3. The molecular formula is C14H16N2O4. The molecular weight excluding hydrogens is 260 g/mol. The maximum absolute atomic E-state index is 11.8. The fourth-order valence-corrected chi connectivity index (χ4v) is 2.04. The number of anilines is 1. The summed E-state index contributed by atoms with van der Waals surface area (Å²) in [5.41, 5.74) is 1.21. The number of hydrogen-bond donors (Lipinski definition) is 1. The van der Waals surface area contributed by atoms with Gasteiger partial charge in [0.25, 0.3) is 11.8 Å². The lowest BCUT2D eigenvalue weighted by Gasteiger charge is -2.06. The van der Waals surface area contributed by atoms with Crippen LogP contribution in [0.2, 0.25) is 0 Å². The third kappa shape index (κ3) is 2.70. The number of nitrogens with zero attached hydrogens (tertiary/aromatic N) is 1. The zero-order valence-electron chi connectivity index (χ0n) is 11.4. The molecule has 0 aromatic heterocycles. The van der Waals surface area contributed by atoms with Crippen molar-refractivity contribution in [3.8, 4) is 0 Å². The molecule has 0 saturated carbocycles. The Labute approximate surface area is 116 Å². The van der Waals surface area contributed by atoms with Gasteiger partial charge in [-0.1, -0.05) is 0 Å².